The van der Waals surface area contributed by atoms with E-state index in [1.165, 1.54) is 7.11 Å². The van der Waals surface area contributed by atoms with Gasteiger partial charge in [-0.1, -0.05) is 0 Å². The van der Waals surface area contributed by atoms with Crippen molar-refractivity contribution in [2.24, 2.45) is 0 Å². The monoisotopic (exact) mass is 329 g/mol. The van der Waals surface area contributed by atoms with Crippen LogP contribution < -0.4 is 4.74 Å². The smallest absolute Gasteiger partial charge is 0.186 e. The highest BCUT2D eigenvalue weighted by atomic mass is 79.9. The Balaban J connectivity index is 3.16. The molecule has 1 rings (SSSR count). The first kappa shape index (κ1) is 15.0. The SMILES string of the molecule is COc1cc(C(C#N)O[Si](C)(C)C)cc(Br)c1O. The van der Waals surface area contributed by atoms with E-state index in [4.69, 9.17) is 9.16 Å². The Morgan fingerprint density at radius 3 is 2.44 bits per heavy atom. The highest BCUT2D eigenvalue weighted by Gasteiger charge is 2.23. The van der Waals surface area contributed by atoms with E-state index < -0.39 is 14.4 Å². The molecule has 1 aromatic carbocycles. The van der Waals surface area contributed by atoms with Crippen molar-refractivity contribution < 1.29 is 14.3 Å². The van der Waals surface area contributed by atoms with Crippen molar-refractivity contribution >= 4 is 24.2 Å². The lowest BCUT2D eigenvalue weighted by Gasteiger charge is -2.22. The normalized spacial score (nSPS) is 12.9. The Morgan fingerprint density at radius 1 is 1.39 bits per heavy atom. The summed E-state index contributed by atoms with van der Waals surface area (Å²) in [7, 11) is -0.359. The molecular weight excluding hydrogens is 314 g/mol. The van der Waals surface area contributed by atoms with Gasteiger partial charge in [0.25, 0.3) is 0 Å². The number of hydrogen-bond acceptors (Lipinski definition) is 4. The summed E-state index contributed by atoms with van der Waals surface area (Å²) in [6, 6.07) is 5.42. The second-order valence-electron chi connectivity index (χ2n) is 4.79. The van der Waals surface area contributed by atoms with E-state index in [0.29, 0.717) is 15.8 Å². The Labute approximate surface area is 116 Å². The molecule has 98 valence electrons. The van der Waals surface area contributed by atoms with Gasteiger partial charge in [-0.25, -0.2) is 0 Å². The summed E-state index contributed by atoms with van der Waals surface area (Å²) >= 11 is 3.23. The number of hydrogen-bond donors (Lipinski definition) is 1. The van der Waals surface area contributed by atoms with E-state index in [1.807, 2.05) is 19.6 Å². The first-order valence-electron chi connectivity index (χ1n) is 5.42. The molecule has 0 amide bonds. The molecule has 0 spiro atoms. The zero-order valence-corrected chi connectivity index (χ0v) is 13.4. The molecule has 0 bridgehead atoms. The molecule has 6 heteroatoms. The standard InChI is InChI=1S/C12H16BrNO3Si/c1-16-10-6-8(5-9(13)12(10)15)11(7-14)17-18(2,3)4/h5-6,11,15H,1-4H3. The zero-order valence-electron chi connectivity index (χ0n) is 10.8. The first-order chi connectivity index (χ1) is 8.28. The van der Waals surface area contributed by atoms with E-state index in [0.717, 1.165) is 0 Å². The third-order valence-corrected chi connectivity index (χ3v) is 3.71. The van der Waals surface area contributed by atoms with E-state index >= 15 is 0 Å². The van der Waals surface area contributed by atoms with Gasteiger partial charge in [0.15, 0.2) is 25.9 Å². The molecule has 0 aliphatic rings. The molecule has 1 atom stereocenters. The van der Waals surface area contributed by atoms with Crippen molar-refractivity contribution in [3.05, 3.63) is 22.2 Å². The van der Waals surface area contributed by atoms with Gasteiger partial charge in [0, 0.05) is 0 Å². The fourth-order valence-corrected chi connectivity index (χ4v) is 2.78. The molecule has 0 aliphatic carbocycles. The number of rotatable bonds is 4. The first-order valence-corrected chi connectivity index (χ1v) is 9.62. The number of phenols is 1. The number of nitriles is 1. The van der Waals surface area contributed by atoms with Crippen LogP contribution in [-0.2, 0) is 4.43 Å². The lowest BCUT2D eigenvalue weighted by atomic mass is 10.1. The van der Waals surface area contributed by atoms with Crippen molar-refractivity contribution in [1.29, 1.82) is 5.26 Å². The van der Waals surface area contributed by atoms with Crippen LogP contribution >= 0.6 is 15.9 Å². The van der Waals surface area contributed by atoms with Gasteiger partial charge in [0.05, 0.1) is 17.7 Å². The van der Waals surface area contributed by atoms with Crippen LogP contribution in [0, 0.1) is 11.3 Å². The molecule has 0 fully saturated rings. The fraction of sp³-hybridized carbons (Fsp3) is 0.417. The van der Waals surface area contributed by atoms with E-state index in [9.17, 15) is 10.4 Å². The number of methoxy groups -OCH3 is 1. The molecule has 0 saturated heterocycles. The number of ether oxygens (including phenoxy) is 1. The fourth-order valence-electron chi connectivity index (χ4n) is 1.42. The van der Waals surface area contributed by atoms with E-state index in [2.05, 4.69) is 22.0 Å². The van der Waals surface area contributed by atoms with Crippen molar-refractivity contribution in [3.8, 4) is 17.6 Å². The second-order valence-corrected chi connectivity index (χ2v) is 10.1. The van der Waals surface area contributed by atoms with Gasteiger partial charge in [-0.05, 0) is 53.3 Å². The average molecular weight is 330 g/mol. The van der Waals surface area contributed by atoms with Crippen LogP contribution in [0.2, 0.25) is 19.6 Å². The van der Waals surface area contributed by atoms with Crippen LogP contribution in [0.3, 0.4) is 0 Å². The van der Waals surface area contributed by atoms with E-state index in [-0.39, 0.29) is 5.75 Å². The Kier molecular flexibility index (Phi) is 4.79. The molecule has 0 saturated carbocycles. The van der Waals surface area contributed by atoms with Gasteiger partial charge in [-0.2, -0.15) is 5.26 Å². The maximum absolute atomic E-state index is 9.72. The average Bonchev–Trinajstić information content (AvgIpc) is 2.28. The Bertz CT molecular complexity index is 479. The Hall–Kier alpha value is -1.03. The summed E-state index contributed by atoms with van der Waals surface area (Å²) in [6.07, 6.45) is -0.650. The minimum Gasteiger partial charge on any atom is -0.503 e. The number of benzene rings is 1. The summed E-state index contributed by atoms with van der Waals surface area (Å²) in [5.41, 5.74) is 0.668. The van der Waals surface area contributed by atoms with Gasteiger partial charge < -0.3 is 14.3 Å². The molecule has 0 aliphatic heterocycles. The highest BCUT2D eigenvalue weighted by Crippen LogP contribution is 2.37. The second kappa shape index (κ2) is 5.74. The number of aromatic hydroxyl groups is 1. The van der Waals surface area contributed by atoms with Gasteiger partial charge >= 0.3 is 0 Å². The number of nitrogens with zero attached hydrogens (tertiary/aromatic N) is 1. The largest absolute Gasteiger partial charge is 0.503 e. The molecule has 1 N–H and O–H groups in total. The van der Waals surface area contributed by atoms with Gasteiger partial charge in [-0.3, -0.25) is 0 Å². The molecule has 1 aromatic rings. The minimum atomic E-state index is -1.82. The quantitative estimate of drug-likeness (QED) is 0.857. The molecule has 1 unspecified atom stereocenters. The number of halogens is 1. The summed E-state index contributed by atoms with van der Waals surface area (Å²) in [5.74, 6) is 0.338. The van der Waals surface area contributed by atoms with Crippen molar-refractivity contribution in [2.45, 2.75) is 25.7 Å². The topological polar surface area (TPSA) is 62.5 Å². The van der Waals surface area contributed by atoms with Crippen LogP contribution in [0.5, 0.6) is 11.5 Å². The molecule has 0 radical (unpaired) electrons. The Morgan fingerprint density at radius 2 is 2.00 bits per heavy atom. The summed E-state index contributed by atoms with van der Waals surface area (Å²) in [4.78, 5) is 0. The molecular formula is C12H16BrNO3Si. The van der Waals surface area contributed by atoms with Gasteiger partial charge in [0.1, 0.15) is 0 Å². The maximum Gasteiger partial charge on any atom is 0.186 e. The van der Waals surface area contributed by atoms with Crippen molar-refractivity contribution in [3.63, 3.8) is 0 Å². The van der Waals surface area contributed by atoms with Gasteiger partial charge in [0.2, 0.25) is 0 Å². The highest BCUT2D eigenvalue weighted by molar-refractivity contribution is 9.10. The molecule has 0 heterocycles. The lowest BCUT2D eigenvalue weighted by molar-refractivity contribution is 0.254. The summed E-state index contributed by atoms with van der Waals surface area (Å²) in [5, 5.41) is 18.9. The third-order valence-electron chi connectivity index (χ3n) is 2.16. The van der Waals surface area contributed by atoms with Crippen LogP contribution in [0.4, 0.5) is 0 Å². The summed E-state index contributed by atoms with van der Waals surface area (Å²) in [6.45, 7) is 6.05. The summed E-state index contributed by atoms with van der Waals surface area (Å²) < 4.78 is 11.3. The minimum absolute atomic E-state index is 0.0194. The zero-order chi connectivity index (χ0) is 13.9. The van der Waals surface area contributed by atoms with Crippen molar-refractivity contribution in [2.75, 3.05) is 7.11 Å². The van der Waals surface area contributed by atoms with Crippen LogP contribution in [0.1, 0.15) is 11.7 Å². The van der Waals surface area contributed by atoms with Crippen molar-refractivity contribution in [1.82, 2.24) is 0 Å². The molecule has 18 heavy (non-hydrogen) atoms. The lowest BCUT2D eigenvalue weighted by Crippen LogP contribution is -2.27. The molecule has 4 nitrogen and oxygen atoms in total. The predicted molar refractivity (Wildman–Crippen MR) is 75.1 cm³/mol. The van der Waals surface area contributed by atoms with E-state index in [1.54, 1.807) is 12.1 Å². The van der Waals surface area contributed by atoms with Crippen LogP contribution in [-0.4, -0.2) is 20.5 Å². The van der Waals surface area contributed by atoms with Crippen LogP contribution in [0.25, 0.3) is 0 Å². The van der Waals surface area contributed by atoms with Crippen LogP contribution in [0.15, 0.2) is 16.6 Å². The van der Waals surface area contributed by atoms with Gasteiger partial charge in [-0.15, -0.1) is 0 Å². The molecule has 0 aromatic heterocycles. The third kappa shape index (κ3) is 3.73. The maximum atomic E-state index is 9.72. The predicted octanol–water partition coefficient (Wildman–Crippen LogP) is 3.58. The number of phenolic OH excluding ortho intramolecular Hbond substituents is 1.